The Morgan fingerprint density at radius 1 is 1.31 bits per heavy atom. The highest BCUT2D eigenvalue weighted by atomic mass is 16.3. The van der Waals surface area contributed by atoms with Gasteiger partial charge in [0.1, 0.15) is 0 Å². The van der Waals surface area contributed by atoms with Gasteiger partial charge < -0.3 is 10.4 Å². The van der Waals surface area contributed by atoms with Crippen molar-refractivity contribution in [3.05, 3.63) is 0 Å². The van der Waals surface area contributed by atoms with Crippen LogP contribution in [0.2, 0.25) is 0 Å². The molecule has 0 aromatic rings. The Morgan fingerprint density at radius 2 is 1.85 bits per heavy atom. The van der Waals surface area contributed by atoms with E-state index in [4.69, 9.17) is 5.11 Å². The van der Waals surface area contributed by atoms with Crippen LogP contribution in [0.5, 0.6) is 0 Å². The van der Waals surface area contributed by atoms with Crippen LogP contribution in [0.3, 0.4) is 0 Å². The quantitative estimate of drug-likeness (QED) is 0.691. The Balaban J connectivity index is 4.10. The van der Waals surface area contributed by atoms with Crippen molar-refractivity contribution in [3.8, 4) is 0 Å². The van der Waals surface area contributed by atoms with E-state index in [2.05, 4.69) is 39.9 Å². The lowest BCUT2D eigenvalue weighted by Crippen LogP contribution is -2.45. The van der Waals surface area contributed by atoms with Gasteiger partial charge in [-0.3, -0.25) is 0 Å². The third-order valence-electron chi connectivity index (χ3n) is 2.56. The van der Waals surface area contributed by atoms with Crippen molar-refractivity contribution < 1.29 is 5.11 Å². The van der Waals surface area contributed by atoms with E-state index in [1.165, 1.54) is 0 Å². The molecule has 80 valence electrons. The van der Waals surface area contributed by atoms with Crippen molar-refractivity contribution >= 4 is 0 Å². The minimum absolute atomic E-state index is 0.228. The van der Waals surface area contributed by atoms with Crippen LogP contribution in [-0.2, 0) is 0 Å². The summed E-state index contributed by atoms with van der Waals surface area (Å²) < 4.78 is 0. The molecule has 0 aliphatic rings. The van der Waals surface area contributed by atoms with Gasteiger partial charge in [-0.25, -0.2) is 0 Å². The second-order valence-electron chi connectivity index (χ2n) is 4.91. The Labute approximate surface area is 82.7 Å². The van der Waals surface area contributed by atoms with E-state index in [0.29, 0.717) is 12.1 Å². The molecule has 0 spiro atoms. The van der Waals surface area contributed by atoms with Gasteiger partial charge in [0.15, 0.2) is 0 Å². The average Bonchev–Trinajstić information content (AvgIpc) is 2.01. The molecular formula is C11H25NO. The van der Waals surface area contributed by atoms with Crippen LogP contribution in [-0.4, -0.2) is 23.8 Å². The molecule has 2 unspecified atom stereocenters. The summed E-state index contributed by atoms with van der Waals surface area (Å²) in [7, 11) is 0. The Bertz CT molecular complexity index is 129. The van der Waals surface area contributed by atoms with E-state index >= 15 is 0 Å². The average molecular weight is 187 g/mol. The van der Waals surface area contributed by atoms with E-state index in [1.807, 2.05) is 0 Å². The molecule has 0 aromatic heterocycles. The summed E-state index contributed by atoms with van der Waals surface area (Å²) >= 11 is 0. The molecule has 2 N–H and O–H groups in total. The van der Waals surface area contributed by atoms with Gasteiger partial charge in [0.05, 0.1) is 0 Å². The third kappa shape index (κ3) is 5.27. The maximum atomic E-state index is 8.95. The molecule has 2 nitrogen and oxygen atoms in total. The van der Waals surface area contributed by atoms with Gasteiger partial charge in [0.2, 0.25) is 0 Å². The summed E-state index contributed by atoms with van der Waals surface area (Å²) in [5.41, 5.74) is 0.228. The smallest absolute Gasteiger partial charge is 0.0446 e. The predicted molar refractivity (Wildman–Crippen MR) is 57.8 cm³/mol. The molecule has 2 atom stereocenters. The van der Waals surface area contributed by atoms with Gasteiger partial charge in [-0.15, -0.1) is 0 Å². The fourth-order valence-corrected chi connectivity index (χ4v) is 1.36. The van der Waals surface area contributed by atoms with Crippen molar-refractivity contribution in [3.63, 3.8) is 0 Å². The highest BCUT2D eigenvalue weighted by Gasteiger charge is 2.24. The molecule has 0 heterocycles. The molecule has 0 saturated heterocycles. The molecule has 0 aliphatic heterocycles. The fourth-order valence-electron chi connectivity index (χ4n) is 1.36. The molecule has 0 bridgehead atoms. The van der Waals surface area contributed by atoms with Crippen LogP contribution in [0, 0.1) is 5.41 Å². The predicted octanol–water partition coefficient (Wildman–Crippen LogP) is 2.17. The summed E-state index contributed by atoms with van der Waals surface area (Å²) in [6.45, 7) is 11.3. The van der Waals surface area contributed by atoms with Crippen LogP contribution in [0.4, 0.5) is 0 Å². The molecule has 13 heavy (non-hydrogen) atoms. The van der Waals surface area contributed by atoms with Gasteiger partial charge in [-0.2, -0.15) is 0 Å². The van der Waals surface area contributed by atoms with Crippen molar-refractivity contribution in [2.75, 3.05) is 6.61 Å². The Kier molecular flexibility index (Phi) is 5.57. The maximum absolute atomic E-state index is 8.95. The highest BCUT2D eigenvalue weighted by Crippen LogP contribution is 2.22. The highest BCUT2D eigenvalue weighted by molar-refractivity contribution is 4.82. The molecule has 0 amide bonds. The molecule has 0 aromatic carbocycles. The van der Waals surface area contributed by atoms with Crippen LogP contribution < -0.4 is 5.32 Å². The number of rotatable bonds is 5. The topological polar surface area (TPSA) is 32.3 Å². The maximum Gasteiger partial charge on any atom is 0.0446 e. The SMILES string of the molecule is CCC(C)NC(CCO)C(C)(C)C. The monoisotopic (exact) mass is 187 g/mol. The van der Waals surface area contributed by atoms with Crippen molar-refractivity contribution in [2.24, 2.45) is 5.41 Å². The van der Waals surface area contributed by atoms with Crippen LogP contribution >= 0.6 is 0 Å². The molecular weight excluding hydrogens is 162 g/mol. The van der Waals surface area contributed by atoms with Crippen LogP contribution in [0.25, 0.3) is 0 Å². The minimum Gasteiger partial charge on any atom is -0.396 e. The number of aliphatic hydroxyl groups excluding tert-OH is 1. The summed E-state index contributed by atoms with van der Waals surface area (Å²) in [5.74, 6) is 0. The van der Waals surface area contributed by atoms with Gasteiger partial charge in [0.25, 0.3) is 0 Å². The summed E-state index contributed by atoms with van der Waals surface area (Å²) in [6, 6.07) is 0.947. The first-order chi connectivity index (χ1) is 5.91. The summed E-state index contributed by atoms with van der Waals surface area (Å²) in [6.07, 6.45) is 1.98. The largest absolute Gasteiger partial charge is 0.396 e. The summed E-state index contributed by atoms with van der Waals surface area (Å²) in [5, 5.41) is 12.5. The van der Waals surface area contributed by atoms with Gasteiger partial charge >= 0.3 is 0 Å². The first kappa shape index (κ1) is 12.9. The van der Waals surface area contributed by atoms with Crippen LogP contribution in [0.1, 0.15) is 47.5 Å². The second-order valence-corrected chi connectivity index (χ2v) is 4.91. The lowest BCUT2D eigenvalue weighted by atomic mass is 9.84. The first-order valence-electron chi connectivity index (χ1n) is 5.28. The fraction of sp³-hybridized carbons (Fsp3) is 1.00. The molecule has 0 saturated carbocycles. The van der Waals surface area contributed by atoms with E-state index in [9.17, 15) is 0 Å². The summed E-state index contributed by atoms with van der Waals surface area (Å²) in [4.78, 5) is 0. The zero-order valence-corrected chi connectivity index (χ0v) is 9.72. The number of nitrogens with one attached hydrogen (secondary N) is 1. The van der Waals surface area contributed by atoms with Gasteiger partial charge in [0, 0.05) is 18.7 Å². The first-order valence-corrected chi connectivity index (χ1v) is 5.28. The Hall–Kier alpha value is -0.0800. The van der Waals surface area contributed by atoms with E-state index in [-0.39, 0.29) is 12.0 Å². The molecule has 0 aliphatic carbocycles. The minimum atomic E-state index is 0.228. The van der Waals surface area contributed by atoms with E-state index in [0.717, 1.165) is 12.8 Å². The second kappa shape index (κ2) is 5.61. The van der Waals surface area contributed by atoms with Gasteiger partial charge in [-0.05, 0) is 25.2 Å². The molecule has 0 fully saturated rings. The molecule has 0 radical (unpaired) electrons. The normalized spacial score (nSPS) is 17.1. The Morgan fingerprint density at radius 3 is 2.15 bits per heavy atom. The standard InChI is InChI=1S/C11H25NO/c1-6-9(2)12-10(7-8-13)11(3,4)5/h9-10,12-13H,6-8H2,1-5H3. The lowest BCUT2D eigenvalue weighted by Gasteiger charge is -2.33. The zero-order valence-electron chi connectivity index (χ0n) is 9.72. The lowest BCUT2D eigenvalue weighted by molar-refractivity contribution is 0.187. The number of hydrogen-bond acceptors (Lipinski definition) is 2. The number of hydrogen-bond donors (Lipinski definition) is 2. The van der Waals surface area contributed by atoms with Crippen LogP contribution in [0.15, 0.2) is 0 Å². The van der Waals surface area contributed by atoms with Gasteiger partial charge in [-0.1, -0.05) is 27.7 Å². The third-order valence-corrected chi connectivity index (χ3v) is 2.56. The van der Waals surface area contributed by atoms with E-state index in [1.54, 1.807) is 0 Å². The van der Waals surface area contributed by atoms with Crippen molar-refractivity contribution in [2.45, 2.75) is 59.5 Å². The number of aliphatic hydroxyl groups is 1. The van der Waals surface area contributed by atoms with Crippen molar-refractivity contribution in [1.82, 2.24) is 5.32 Å². The van der Waals surface area contributed by atoms with E-state index < -0.39 is 0 Å². The molecule has 2 heteroatoms. The molecule has 0 rings (SSSR count). The zero-order chi connectivity index (χ0) is 10.5. The van der Waals surface area contributed by atoms with Crippen molar-refractivity contribution in [1.29, 1.82) is 0 Å².